The second kappa shape index (κ2) is 5.56. The minimum absolute atomic E-state index is 0.578. The van der Waals surface area contributed by atoms with Gasteiger partial charge in [0, 0.05) is 29.0 Å². The van der Waals surface area contributed by atoms with Crippen molar-refractivity contribution in [3.8, 4) is 0 Å². The third-order valence-corrected chi connectivity index (χ3v) is 5.51. The van der Waals surface area contributed by atoms with Crippen LogP contribution in [0, 0.1) is 0 Å². The van der Waals surface area contributed by atoms with Crippen LogP contribution >= 0.6 is 34.7 Å². The van der Waals surface area contributed by atoms with E-state index >= 15 is 0 Å². The fraction of sp³-hybridized carbons (Fsp3) is 0.538. The molecule has 2 unspecified atom stereocenters. The number of halogens is 1. The van der Waals surface area contributed by atoms with Crippen LogP contribution < -0.4 is 0 Å². The molecule has 1 saturated heterocycles. The zero-order valence-corrected chi connectivity index (χ0v) is 13.4. The van der Waals surface area contributed by atoms with Gasteiger partial charge in [0.15, 0.2) is 0 Å². The highest BCUT2D eigenvalue weighted by Gasteiger charge is 2.23. The van der Waals surface area contributed by atoms with Gasteiger partial charge in [0.25, 0.3) is 0 Å². The second-order valence-corrected chi connectivity index (χ2v) is 8.16. The second-order valence-electron chi connectivity index (χ2n) is 5.02. The van der Waals surface area contributed by atoms with Crippen molar-refractivity contribution in [2.45, 2.75) is 30.9 Å². The molecule has 0 aliphatic carbocycles. The molecule has 2 atom stereocenters. The monoisotopic (exact) mass is 313 g/mol. The van der Waals surface area contributed by atoms with Crippen molar-refractivity contribution in [2.75, 3.05) is 13.1 Å². The summed E-state index contributed by atoms with van der Waals surface area (Å²) in [6.45, 7) is 7.55. The van der Waals surface area contributed by atoms with Crippen molar-refractivity contribution in [3.05, 3.63) is 22.4 Å². The van der Waals surface area contributed by atoms with Crippen LogP contribution in [0.15, 0.2) is 11.4 Å². The Balaban J connectivity index is 1.80. The Morgan fingerprint density at radius 3 is 2.79 bits per heavy atom. The molecule has 6 heteroatoms. The van der Waals surface area contributed by atoms with Crippen LogP contribution in [0.2, 0.25) is 5.15 Å². The summed E-state index contributed by atoms with van der Waals surface area (Å²) < 4.78 is 0. The van der Waals surface area contributed by atoms with E-state index in [-0.39, 0.29) is 0 Å². The molecule has 1 aliphatic rings. The molecule has 102 valence electrons. The highest BCUT2D eigenvalue weighted by atomic mass is 35.5. The lowest BCUT2D eigenvalue weighted by molar-refractivity contribution is 0.257. The average molecular weight is 314 g/mol. The molecule has 3 rings (SSSR count). The summed E-state index contributed by atoms with van der Waals surface area (Å²) >= 11 is 9.89. The highest BCUT2D eigenvalue weighted by molar-refractivity contribution is 8.00. The van der Waals surface area contributed by atoms with Gasteiger partial charge in [0.05, 0.1) is 6.54 Å². The molecule has 0 N–H and O–H groups in total. The highest BCUT2D eigenvalue weighted by Crippen LogP contribution is 2.27. The predicted octanol–water partition coefficient (Wildman–Crippen LogP) is 3.67. The number of nitrogens with zero attached hydrogens (tertiary/aromatic N) is 3. The Morgan fingerprint density at radius 1 is 1.32 bits per heavy atom. The topological polar surface area (TPSA) is 29.0 Å². The van der Waals surface area contributed by atoms with Crippen LogP contribution in [0.3, 0.4) is 0 Å². The van der Waals surface area contributed by atoms with Crippen molar-refractivity contribution in [2.24, 2.45) is 0 Å². The van der Waals surface area contributed by atoms with Crippen molar-refractivity contribution in [1.29, 1.82) is 0 Å². The molecule has 2 aromatic rings. The van der Waals surface area contributed by atoms with Crippen LogP contribution in [-0.2, 0) is 6.54 Å². The summed E-state index contributed by atoms with van der Waals surface area (Å²) in [5, 5.41) is 4.89. The van der Waals surface area contributed by atoms with Gasteiger partial charge >= 0.3 is 0 Å². The molecule has 3 heterocycles. The van der Waals surface area contributed by atoms with Gasteiger partial charge in [0.1, 0.15) is 15.8 Å². The summed E-state index contributed by atoms with van der Waals surface area (Å²) in [4.78, 5) is 12.5. The third-order valence-electron chi connectivity index (χ3n) is 3.19. The fourth-order valence-corrected chi connectivity index (χ4v) is 5.02. The van der Waals surface area contributed by atoms with E-state index in [9.17, 15) is 0 Å². The molecule has 0 spiro atoms. The van der Waals surface area contributed by atoms with E-state index in [4.69, 9.17) is 11.6 Å². The minimum Gasteiger partial charge on any atom is -0.294 e. The number of thioether (sulfide) groups is 1. The van der Waals surface area contributed by atoms with E-state index in [0.29, 0.717) is 15.7 Å². The normalized spacial score (nSPS) is 25.0. The van der Waals surface area contributed by atoms with Gasteiger partial charge in [-0.05, 0) is 11.4 Å². The number of hydrogen-bond donors (Lipinski definition) is 0. The third kappa shape index (κ3) is 3.05. The molecule has 1 aliphatic heterocycles. The number of aromatic nitrogens is 2. The lowest BCUT2D eigenvalue weighted by Gasteiger charge is -2.34. The van der Waals surface area contributed by atoms with Crippen molar-refractivity contribution in [3.63, 3.8) is 0 Å². The maximum Gasteiger partial charge on any atom is 0.145 e. The predicted molar refractivity (Wildman–Crippen MR) is 84.2 cm³/mol. The first kappa shape index (κ1) is 13.6. The molecular weight excluding hydrogens is 298 g/mol. The molecule has 0 bridgehead atoms. The molecule has 0 saturated carbocycles. The molecule has 2 aromatic heterocycles. The van der Waals surface area contributed by atoms with Crippen LogP contribution in [0.4, 0.5) is 0 Å². The minimum atomic E-state index is 0.578. The Bertz CT molecular complexity index is 576. The molecule has 3 nitrogen and oxygen atoms in total. The zero-order valence-electron chi connectivity index (χ0n) is 11.0. The van der Waals surface area contributed by atoms with Gasteiger partial charge in [-0.2, -0.15) is 11.8 Å². The summed E-state index contributed by atoms with van der Waals surface area (Å²) in [6, 6.07) is 1.98. The molecule has 19 heavy (non-hydrogen) atoms. The van der Waals surface area contributed by atoms with Crippen molar-refractivity contribution < 1.29 is 0 Å². The summed E-state index contributed by atoms with van der Waals surface area (Å²) in [5.74, 6) is 0.839. The van der Waals surface area contributed by atoms with Crippen LogP contribution in [0.25, 0.3) is 10.2 Å². The number of hydrogen-bond acceptors (Lipinski definition) is 5. The van der Waals surface area contributed by atoms with E-state index in [2.05, 4.69) is 40.5 Å². The standard InChI is InChI=1S/C13H16ClN3S2/c1-8-5-17(6-9(2)19-8)7-11-15-12(14)10-3-4-18-13(10)16-11/h3-4,8-9H,5-7H2,1-2H3. The van der Waals surface area contributed by atoms with E-state index in [1.807, 2.05) is 11.4 Å². The number of thiophene rings is 1. The van der Waals surface area contributed by atoms with Gasteiger partial charge in [0.2, 0.25) is 0 Å². The quantitative estimate of drug-likeness (QED) is 0.791. The fourth-order valence-electron chi connectivity index (χ4n) is 2.54. The molecule has 1 fully saturated rings. The van der Waals surface area contributed by atoms with Crippen molar-refractivity contribution >= 4 is 44.9 Å². The molecule has 0 amide bonds. The van der Waals surface area contributed by atoms with Crippen molar-refractivity contribution in [1.82, 2.24) is 14.9 Å². The largest absolute Gasteiger partial charge is 0.294 e. The lowest BCUT2D eigenvalue weighted by Crippen LogP contribution is -2.40. The Labute approximate surface area is 126 Å². The van der Waals surface area contributed by atoms with Gasteiger partial charge in [-0.3, -0.25) is 4.90 Å². The van der Waals surface area contributed by atoms with Crippen LogP contribution in [0.1, 0.15) is 19.7 Å². The maximum absolute atomic E-state index is 6.21. The van der Waals surface area contributed by atoms with E-state index < -0.39 is 0 Å². The summed E-state index contributed by atoms with van der Waals surface area (Å²) in [6.07, 6.45) is 0. The van der Waals surface area contributed by atoms with E-state index in [0.717, 1.165) is 35.7 Å². The smallest absolute Gasteiger partial charge is 0.145 e. The van der Waals surface area contributed by atoms with Crippen LogP contribution in [0.5, 0.6) is 0 Å². The first-order valence-electron chi connectivity index (χ1n) is 6.39. The van der Waals surface area contributed by atoms with Gasteiger partial charge in [-0.1, -0.05) is 25.4 Å². The molecule has 0 aromatic carbocycles. The van der Waals surface area contributed by atoms with Crippen LogP contribution in [-0.4, -0.2) is 38.5 Å². The lowest BCUT2D eigenvalue weighted by atomic mass is 10.3. The zero-order chi connectivity index (χ0) is 13.4. The van der Waals surface area contributed by atoms with Gasteiger partial charge < -0.3 is 0 Å². The van der Waals surface area contributed by atoms with Gasteiger partial charge in [-0.25, -0.2) is 9.97 Å². The Hall–Kier alpha value is -0.360. The first-order valence-corrected chi connectivity index (χ1v) is 8.59. The van der Waals surface area contributed by atoms with Gasteiger partial charge in [-0.15, -0.1) is 11.3 Å². The summed E-state index contributed by atoms with van der Waals surface area (Å²) in [5.41, 5.74) is 0. The molecular formula is C13H16ClN3S2. The maximum atomic E-state index is 6.21. The number of rotatable bonds is 2. The van der Waals surface area contributed by atoms with E-state index in [1.165, 1.54) is 0 Å². The SMILES string of the molecule is CC1CN(Cc2nc(Cl)c3ccsc3n2)CC(C)S1. The summed E-state index contributed by atoms with van der Waals surface area (Å²) in [7, 11) is 0. The Kier molecular flexibility index (Phi) is 3.98. The Morgan fingerprint density at radius 2 is 2.05 bits per heavy atom. The van der Waals surface area contributed by atoms with E-state index in [1.54, 1.807) is 11.3 Å². The average Bonchev–Trinajstić information content (AvgIpc) is 2.75. The number of fused-ring (bicyclic) bond motifs is 1. The first-order chi connectivity index (χ1) is 9.11. The molecule has 0 radical (unpaired) electrons.